The van der Waals surface area contributed by atoms with Crippen LogP contribution in [-0.2, 0) is 32.7 Å². The molecule has 1 saturated carbocycles. The first-order valence-corrected chi connectivity index (χ1v) is 5.84. The van der Waals surface area contributed by atoms with Gasteiger partial charge >= 0.3 is 0 Å². The van der Waals surface area contributed by atoms with Crippen molar-refractivity contribution in [1.82, 2.24) is 0 Å². The molecule has 1 fully saturated rings. The summed E-state index contributed by atoms with van der Waals surface area (Å²) >= 11 is 0. The van der Waals surface area contributed by atoms with Gasteiger partial charge in [-0.05, 0) is 5.41 Å². The van der Waals surface area contributed by atoms with Gasteiger partial charge in [-0.1, -0.05) is 33.6 Å². The Labute approximate surface area is 126 Å². The van der Waals surface area contributed by atoms with Crippen LogP contribution in [0.2, 0.25) is 0 Å². The molecule has 0 aromatic heterocycles. The van der Waals surface area contributed by atoms with E-state index in [1.165, 1.54) is 31.2 Å². The Bertz CT molecular complexity index is 256. The minimum atomic E-state index is 0. The zero-order chi connectivity index (χ0) is 11.1. The summed E-state index contributed by atoms with van der Waals surface area (Å²) in [6.45, 7) is 6.79. The van der Waals surface area contributed by atoms with Gasteiger partial charge in [0, 0.05) is 32.7 Å². The van der Waals surface area contributed by atoms with Crippen molar-refractivity contribution in [1.29, 1.82) is 0 Å². The van der Waals surface area contributed by atoms with Gasteiger partial charge in [-0.3, -0.25) is 0 Å². The number of benzene rings is 1. The van der Waals surface area contributed by atoms with Gasteiger partial charge in [0.2, 0.25) is 0 Å². The molecule has 0 bridgehead atoms. The molecular weight excluding hydrogens is 269 g/mol. The number of aryl methyl sites for hydroxylation is 1. The number of hydrogen-bond donors (Lipinski definition) is 0. The third kappa shape index (κ3) is 7.57. The molecular formula is C15H22Y-2. The van der Waals surface area contributed by atoms with Crippen molar-refractivity contribution in [3.63, 3.8) is 0 Å². The van der Waals surface area contributed by atoms with Gasteiger partial charge in [-0.25, -0.2) is 0 Å². The summed E-state index contributed by atoms with van der Waals surface area (Å²) in [5.41, 5.74) is 1.94. The second kappa shape index (κ2) is 8.42. The molecule has 0 nitrogen and oxygen atoms in total. The van der Waals surface area contributed by atoms with Gasteiger partial charge in [-0.15, -0.1) is 0 Å². The average Bonchev–Trinajstić information content (AvgIpc) is 2.19. The quantitative estimate of drug-likeness (QED) is 0.614. The molecule has 1 aromatic carbocycles. The van der Waals surface area contributed by atoms with Crippen LogP contribution in [0.4, 0.5) is 0 Å². The van der Waals surface area contributed by atoms with Crippen molar-refractivity contribution in [2.75, 3.05) is 0 Å². The minimum absolute atomic E-state index is 0. The Kier molecular flexibility index (Phi) is 8.59. The van der Waals surface area contributed by atoms with E-state index in [1.54, 1.807) is 0 Å². The van der Waals surface area contributed by atoms with E-state index in [9.17, 15) is 0 Å². The largest absolute Gasteiger partial charge is 0.328 e. The summed E-state index contributed by atoms with van der Waals surface area (Å²) < 4.78 is 0. The molecule has 2 rings (SSSR count). The molecule has 1 heteroatoms. The minimum Gasteiger partial charge on any atom is -0.328 e. The van der Waals surface area contributed by atoms with E-state index in [4.69, 9.17) is 0 Å². The maximum atomic E-state index is 2.93. The Morgan fingerprint density at radius 3 is 1.88 bits per heavy atom. The van der Waals surface area contributed by atoms with E-state index in [0.29, 0.717) is 5.41 Å². The van der Waals surface area contributed by atoms with Crippen LogP contribution in [0.15, 0.2) is 24.3 Å². The van der Waals surface area contributed by atoms with Crippen LogP contribution < -0.4 is 0 Å². The average molecular weight is 291 g/mol. The SMILES string of the molecule is CC1(C)CC[CH-]CC1.Cc1cc[c-]cc1.[Y]. The molecule has 1 aliphatic rings. The van der Waals surface area contributed by atoms with Crippen molar-refractivity contribution in [3.05, 3.63) is 42.3 Å². The van der Waals surface area contributed by atoms with Crippen LogP contribution >= 0.6 is 0 Å². The van der Waals surface area contributed by atoms with Crippen LogP contribution in [0.1, 0.15) is 45.1 Å². The standard InChI is InChI=1S/C8H15.C7H7.Y/c1-8(2)6-4-3-5-7-8;1-7-5-3-2-4-6-7;/h3H,4-7H2,1-2H3;3-6H,1H3;/q2*-1;. The van der Waals surface area contributed by atoms with Crippen LogP contribution in [0.5, 0.6) is 0 Å². The van der Waals surface area contributed by atoms with Gasteiger partial charge in [0.05, 0.1) is 0 Å². The number of rotatable bonds is 0. The molecule has 0 aliphatic heterocycles. The van der Waals surface area contributed by atoms with E-state index in [-0.39, 0.29) is 32.7 Å². The fourth-order valence-corrected chi connectivity index (χ4v) is 1.73. The summed E-state index contributed by atoms with van der Waals surface area (Å²) in [5, 5.41) is 0. The third-order valence-electron chi connectivity index (χ3n) is 2.94. The molecule has 0 amide bonds. The normalized spacial score (nSPS) is 17.7. The van der Waals surface area contributed by atoms with Crippen molar-refractivity contribution >= 4 is 0 Å². The van der Waals surface area contributed by atoms with Crippen molar-refractivity contribution in [2.24, 2.45) is 5.41 Å². The summed E-state index contributed by atoms with van der Waals surface area (Å²) in [4.78, 5) is 0. The summed E-state index contributed by atoms with van der Waals surface area (Å²) in [5.74, 6) is 0. The molecule has 1 radical (unpaired) electrons. The summed E-state index contributed by atoms with van der Waals surface area (Å²) in [7, 11) is 0. The van der Waals surface area contributed by atoms with E-state index in [1.807, 2.05) is 24.3 Å². The molecule has 0 N–H and O–H groups in total. The van der Waals surface area contributed by atoms with Gasteiger partial charge in [-0.2, -0.15) is 48.7 Å². The number of hydrogen-bond acceptors (Lipinski definition) is 0. The summed E-state index contributed by atoms with van der Waals surface area (Å²) in [6, 6.07) is 10.8. The smallest absolute Gasteiger partial charge is 0 e. The van der Waals surface area contributed by atoms with Crippen LogP contribution in [0, 0.1) is 24.8 Å². The van der Waals surface area contributed by atoms with Crippen molar-refractivity contribution in [3.8, 4) is 0 Å². The molecule has 0 spiro atoms. The van der Waals surface area contributed by atoms with Crippen molar-refractivity contribution in [2.45, 2.75) is 46.5 Å². The molecule has 0 saturated heterocycles. The topological polar surface area (TPSA) is 0 Å². The molecule has 16 heavy (non-hydrogen) atoms. The molecule has 1 aromatic rings. The first kappa shape index (κ1) is 16.3. The van der Waals surface area contributed by atoms with Crippen LogP contribution in [0.25, 0.3) is 0 Å². The van der Waals surface area contributed by atoms with E-state index < -0.39 is 0 Å². The van der Waals surface area contributed by atoms with Gasteiger partial charge in [0.15, 0.2) is 0 Å². The summed E-state index contributed by atoms with van der Waals surface area (Å²) in [6.07, 6.45) is 7.88. The second-order valence-corrected chi connectivity index (χ2v) is 5.11. The molecule has 87 valence electrons. The predicted octanol–water partition coefficient (Wildman–Crippen LogP) is 4.58. The maximum Gasteiger partial charge on any atom is 0 e. The first-order valence-electron chi connectivity index (χ1n) is 5.84. The Morgan fingerprint density at radius 1 is 1.12 bits per heavy atom. The Hall–Kier alpha value is 0.324. The maximum absolute atomic E-state index is 2.93. The third-order valence-corrected chi connectivity index (χ3v) is 2.94. The molecule has 0 heterocycles. The van der Waals surface area contributed by atoms with E-state index >= 15 is 0 Å². The fourth-order valence-electron chi connectivity index (χ4n) is 1.73. The van der Waals surface area contributed by atoms with Crippen LogP contribution in [-0.4, -0.2) is 0 Å². The zero-order valence-corrected chi connectivity index (χ0v) is 13.6. The van der Waals surface area contributed by atoms with Crippen molar-refractivity contribution < 1.29 is 32.7 Å². The van der Waals surface area contributed by atoms with Gasteiger partial charge < -0.3 is 6.42 Å². The second-order valence-electron chi connectivity index (χ2n) is 5.11. The molecule has 1 aliphatic carbocycles. The Morgan fingerprint density at radius 2 is 1.62 bits per heavy atom. The van der Waals surface area contributed by atoms with E-state index in [2.05, 4.69) is 33.3 Å². The Balaban J connectivity index is 0.000000267. The molecule has 0 atom stereocenters. The first-order chi connectivity index (χ1) is 7.10. The fraction of sp³-hybridized carbons (Fsp3) is 0.533. The van der Waals surface area contributed by atoms with Crippen LogP contribution in [0.3, 0.4) is 0 Å². The molecule has 0 unspecified atom stereocenters. The van der Waals surface area contributed by atoms with E-state index in [0.717, 1.165) is 0 Å². The predicted molar refractivity (Wildman–Crippen MR) is 66.6 cm³/mol. The zero-order valence-electron chi connectivity index (χ0n) is 10.8. The van der Waals surface area contributed by atoms with Gasteiger partial charge in [0.1, 0.15) is 0 Å². The van der Waals surface area contributed by atoms with Gasteiger partial charge in [0.25, 0.3) is 0 Å². The monoisotopic (exact) mass is 291 g/mol.